The van der Waals surface area contributed by atoms with Crippen LogP contribution in [-0.2, 0) is 23.7 Å². The molecule has 36 heavy (non-hydrogen) atoms. The molecule has 206 valence electrons. The molecule has 0 aromatic rings. The van der Waals surface area contributed by atoms with Crippen LogP contribution in [0, 0.1) is 51.8 Å². The first-order valence-electron chi connectivity index (χ1n) is 14.7. The van der Waals surface area contributed by atoms with Crippen LogP contribution in [-0.4, -0.2) is 69.3 Å². The van der Waals surface area contributed by atoms with E-state index in [1.807, 2.05) is 0 Å². The molecule has 2 saturated carbocycles. The van der Waals surface area contributed by atoms with Gasteiger partial charge in [-0.15, -0.1) is 0 Å². The van der Waals surface area contributed by atoms with Crippen LogP contribution in [0.3, 0.4) is 0 Å². The van der Waals surface area contributed by atoms with E-state index in [4.69, 9.17) is 18.9 Å². The van der Waals surface area contributed by atoms with Crippen LogP contribution >= 0.6 is 0 Å². The molecular formula is C30H50O6. The van der Waals surface area contributed by atoms with E-state index in [-0.39, 0.29) is 33.9 Å². The molecular weight excluding hydrogens is 456 g/mol. The zero-order valence-corrected chi connectivity index (χ0v) is 23.4. The summed E-state index contributed by atoms with van der Waals surface area (Å²) in [5.74, 6) is 1.95. The number of aliphatic hydroxyl groups is 1. The Morgan fingerprint density at radius 2 is 1.58 bits per heavy atom. The van der Waals surface area contributed by atoms with Crippen molar-refractivity contribution in [2.75, 3.05) is 52.9 Å². The van der Waals surface area contributed by atoms with Gasteiger partial charge in [-0.05, 0) is 48.9 Å². The lowest BCUT2D eigenvalue weighted by Crippen LogP contribution is -2.64. The second-order valence-electron chi connectivity index (χ2n) is 13.8. The molecule has 6 heteroatoms. The normalized spacial score (nSPS) is 37.6. The van der Waals surface area contributed by atoms with Crippen molar-refractivity contribution in [3.8, 4) is 0 Å². The highest BCUT2D eigenvalue weighted by Gasteiger charge is 2.74. The fourth-order valence-corrected chi connectivity index (χ4v) is 8.57. The molecule has 5 fully saturated rings. The molecule has 3 aliphatic heterocycles. The molecule has 2 bridgehead atoms. The number of hydrogen-bond acceptors (Lipinski definition) is 6. The predicted molar refractivity (Wildman–Crippen MR) is 138 cm³/mol. The van der Waals surface area contributed by atoms with Crippen molar-refractivity contribution in [2.24, 2.45) is 51.8 Å². The molecule has 0 aromatic carbocycles. The van der Waals surface area contributed by atoms with Crippen molar-refractivity contribution in [3.05, 3.63) is 0 Å². The zero-order valence-electron chi connectivity index (χ0n) is 23.4. The molecule has 3 heterocycles. The molecule has 3 saturated heterocycles. The maximum Gasteiger partial charge on any atom is 0.139 e. The van der Waals surface area contributed by atoms with Gasteiger partial charge in [-0.3, -0.25) is 4.79 Å². The minimum absolute atomic E-state index is 0.0323. The van der Waals surface area contributed by atoms with E-state index in [1.54, 1.807) is 0 Å². The van der Waals surface area contributed by atoms with Crippen LogP contribution in [0.25, 0.3) is 0 Å². The second-order valence-corrected chi connectivity index (χ2v) is 13.8. The Bertz CT molecular complexity index is 794. The van der Waals surface area contributed by atoms with Crippen LogP contribution in [0.4, 0.5) is 0 Å². The van der Waals surface area contributed by atoms with Crippen molar-refractivity contribution in [1.29, 1.82) is 0 Å². The van der Waals surface area contributed by atoms with E-state index < -0.39 is 5.60 Å². The number of ether oxygens (including phenoxy) is 4. The molecule has 6 nitrogen and oxygen atoms in total. The monoisotopic (exact) mass is 506 g/mol. The number of hydrogen-bond donors (Lipinski definition) is 1. The highest BCUT2D eigenvalue weighted by molar-refractivity contribution is 5.84. The molecule has 1 N–H and O–H groups in total. The summed E-state index contributed by atoms with van der Waals surface area (Å²) in [6.07, 6.45) is 5.31. The average molecular weight is 507 g/mol. The highest BCUT2D eigenvalue weighted by Crippen LogP contribution is 2.73. The Balaban J connectivity index is 1.34. The molecule has 6 atom stereocenters. The predicted octanol–water partition coefficient (Wildman–Crippen LogP) is 4.52. The number of Topliss-reactive ketones (excluding diaryl/α,β-unsaturated/α-hetero) is 1. The molecule has 2 aliphatic carbocycles. The molecule has 0 amide bonds. The largest absolute Gasteiger partial charge is 0.389 e. The summed E-state index contributed by atoms with van der Waals surface area (Å²) in [5, 5.41) is 12.6. The van der Waals surface area contributed by atoms with Crippen molar-refractivity contribution >= 4 is 5.78 Å². The summed E-state index contributed by atoms with van der Waals surface area (Å²) >= 11 is 0. The fourth-order valence-electron chi connectivity index (χ4n) is 8.57. The van der Waals surface area contributed by atoms with Gasteiger partial charge >= 0.3 is 0 Å². The second kappa shape index (κ2) is 9.89. The van der Waals surface area contributed by atoms with E-state index in [0.29, 0.717) is 63.1 Å². The van der Waals surface area contributed by atoms with Crippen LogP contribution in [0.2, 0.25) is 0 Å². The molecule has 0 radical (unpaired) electrons. The van der Waals surface area contributed by atoms with E-state index >= 15 is 0 Å². The molecule has 5 rings (SSSR count). The van der Waals surface area contributed by atoms with E-state index in [2.05, 4.69) is 34.6 Å². The Morgan fingerprint density at radius 1 is 0.972 bits per heavy atom. The van der Waals surface area contributed by atoms with Gasteiger partial charge in [0.1, 0.15) is 5.78 Å². The third-order valence-electron chi connectivity index (χ3n) is 12.2. The number of carbonyl (C=O) groups excluding carboxylic acids is 1. The third-order valence-corrected chi connectivity index (χ3v) is 12.2. The number of carbonyl (C=O) groups is 1. The summed E-state index contributed by atoms with van der Waals surface area (Å²) in [7, 11) is 0. The van der Waals surface area contributed by atoms with E-state index in [0.717, 1.165) is 51.9 Å². The Hall–Kier alpha value is -0.530. The van der Waals surface area contributed by atoms with Crippen molar-refractivity contribution in [3.63, 3.8) is 0 Å². The van der Waals surface area contributed by atoms with Gasteiger partial charge < -0.3 is 24.1 Å². The first-order chi connectivity index (χ1) is 17.1. The minimum atomic E-state index is -0.977. The van der Waals surface area contributed by atoms with Gasteiger partial charge in [-0.1, -0.05) is 41.0 Å². The summed E-state index contributed by atoms with van der Waals surface area (Å²) in [4.78, 5) is 14.4. The Labute approximate surface area is 218 Å². The third kappa shape index (κ3) is 4.04. The van der Waals surface area contributed by atoms with Crippen LogP contribution in [0.15, 0.2) is 0 Å². The fraction of sp³-hybridized carbons (Fsp3) is 0.967. The van der Waals surface area contributed by atoms with Gasteiger partial charge in [0.15, 0.2) is 0 Å². The summed E-state index contributed by atoms with van der Waals surface area (Å²) in [6.45, 7) is 16.9. The standard InChI is InChI=1S/C30H50O6/c1-6-20(22-14-34-15-22)12-33-13-21(23-16-35-17-23)10-25(31)26(29(7-2)18-36-19-29)30(32)11-24-8-9-28(30,5)27(24,3)4/h20-24,26,32H,6-19H2,1-5H3/t20?,21?,24-,26?,28-,30+/m1/s1. The van der Waals surface area contributed by atoms with Gasteiger partial charge in [-0.25, -0.2) is 0 Å². The summed E-state index contributed by atoms with van der Waals surface area (Å²) < 4.78 is 23.0. The number of rotatable bonds is 13. The molecule has 3 unspecified atom stereocenters. The topological polar surface area (TPSA) is 74.2 Å². The van der Waals surface area contributed by atoms with Gasteiger partial charge in [0.2, 0.25) is 0 Å². The van der Waals surface area contributed by atoms with Gasteiger partial charge in [0.05, 0.1) is 57.8 Å². The van der Waals surface area contributed by atoms with E-state index in [1.165, 1.54) is 0 Å². The maximum atomic E-state index is 14.4. The highest BCUT2D eigenvalue weighted by atomic mass is 16.5. The van der Waals surface area contributed by atoms with Crippen molar-refractivity contribution in [1.82, 2.24) is 0 Å². The first kappa shape index (κ1) is 27.1. The van der Waals surface area contributed by atoms with Gasteiger partial charge in [0, 0.05) is 35.7 Å². The smallest absolute Gasteiger partial charge is 0.139 e. The minimum Gasteiger partial charge on any atom is -0.389 e. The molecule has 5 aliphatic rings. The van der Waals surface area contributed by atoms with E-state index in [9.17, 15) is 9.90 Å². The lowest BCUT2D eigenvalue weighted by atomic mass is 9.52. The maximum absolute atomic E-state index is 14.4. The number of fused-ring (bicyclic) bond motifs is 2. The van der Waals surface area contributed by atoms with Crippen LogP contribution in [0.5, 0.6) is 0 Å². The summed E-state index contributed by atoms with van der Waals surface area (Å²) in [5.41, 5.74) is -1.46. The van der Waals surface area contributed by atoms with Crippen LogP contribution < -0.4 is 0 Å². The Morgan fingerprint density at radius 3 is 2.00 bits per heavy atom. The Kier molecular flexibility index (Phi) is 7.44. The lowest BCUT2D eigenvalue weighted by molar-refractivity contribution is -0.227. The SMILES string of the molecule is CCC(COCC(CC(=O)C(C1(CC)COC1)[C@@]1(O)C[C@H]2CC[C@]1(C)C2(C)C)C1COC1)C1COC1. The van der Waals surface area contributed by atoms with Gasteiger partial charge in [0.25, 0.3) is 0 Å². The molecule has 0 aromatic heterocycles. The van der Waals surface area contributed by atoms with Crippen molar-refractivity contribution < 1.29 is 28.8 Å². The zero-order chi connectivity index (χ0) is 25.8. The van der Waals surface area contributed by atoms with Crippen molar-refractivity contribution in [2.45, 2.75) is 78.7 Å². The number of ketones is 1. The first-order valence-corrected chi connectivity index (χ1v) is 14.7. The average Bonchev–Trinajstić information content (AvgIpc) is 3.04. The quantitative estimate of drug-likeness (QED) is 0.396. The van der Waals surface area contributed by atoms with Crippen LogP contribution in [0.1, 0.15) is 73.1 Å². The summed E-state index contributed by atoms with van der Waals surface area (Å²) in [6, 6.07) is 0. The van der Waals surface area contributed by atoms with Gasteiger partial charge in [-0.2, -0.15) is 0 Å². The molecule has 0 spiro atoms. The lowest BCUT2D eigenvalue weighted by Gasteiger charge is -2.57.